The lowest BCUT2D eigenvalue weighted by Gasteiger charge is -2.21. The van der Waals surface area contributed by atoms with Crippen molar-refractivity contribution in [3.63, 3.8) is 0 Å². The van der Waals surface area contributed by atoms with Gasteiger partial charge in [0.25, 0.3) is 0 Å². The first-order valence-electron chi connectivity index (χ1n) is 3.20. The zero-order chi connectivity index (χ0) is 9.72. The fourth-order valence-electron chi connectivity index (χ4n) is 0.574. The SMILES string of the molecule is O=N[C@@H](O)[C@@H](O)[C@H](O)[C@H](O)CO. The van der Waals surface area contributed by atoms with Gasteiger partial charge in [0.15, 0.2) is 0 Å². The Morgan fingerprint density at radius 3 is 1.92 bits per heavy atom. The van der Waals surface area contributed by atoms with Gasteiger partial charge in [-0.15, -0.1) is 4.91 Å². The lowest BCUT2D eigenvalue weighted by atomic mass is 10.1. The summed E-state index contributed by atoms with van der Waals surface area (Å²) >= 11 is 0. The summed E-state index contributed by atoms with van der Waals surface area (Å²) in [6.07, 6.45) is -7.33. The van der Waals surface area contributed by atoms with Crippen LogP contribution in [0.2, 0.25) is 0 Å². The summed E-state index contributed by atoms with van der Waals surface area (Å²) in [5.74, 6) is 0. The maximum absolute atomic E-state index is 9.65. The van der Waals surface area contributed by atoms with Crippen molar-refractivity contribution in [3.8, 4) is 0 Å². The summed E-state index contributed by atoms with van der Waals surface area (Å²) in [7, 11) is 0. The highest BCUT2D eigenvalue weighted by molar-refractivity contribution is 4.78. The van der Waals surface area contributed by atoms with E-state index in [0.29, 0.717) is 0 Å². The van der Waals surface area contributed by atoms with E-state index in [1.807, 2.05) is 5.18 Å². The molecule has 0 amide bonds. The van der Waals surface area contributed by atoms with Gasteiger partial charge in [0, 0.05) is 0 Å². The molecule has 5 N–H and O–H groups in total. The molecule has 0 aromatic rings. The highest BCUT2D eigenvalue weighted by Gasteiger charge is 2.30. The molecule has 0 heterocycles. The Morgan fingerprint density at radius 1 is 1.08 bits per heavy atom. The first-order chi connectivity index (χ1) is 5.54. The molecule has 0 fully saturated rings. The molecule has 0 aliphatic rings. The van der Waals surface area contributed by atoms with Crippen LogP contribution in [0.15, 0.2) is 5.18 Å². The van der Waals surface area contributed by atoms with Crippen LogP contribution in [0.25, 0.3) is 0 Å². The molecular weight excluding hydrogens is 170 g/mol. The van der Waals surface area contributed by atoms with E-state index >= 15 is 0 Å². The van der Waals surface area contributed by atoms with Crippen molar-refractivity contribution in [1.82, 2.24) is 0 Å². The standard InChI is InChI=1S/C5H11NO6/c7-1-2(8)3(9)4(10)5(11)6-12/h2-5,7-11H,1H2/t2-,3-,4+,5+/m1/s1. The molecule has 0 saturated carbocycles. The molecule has 0 rings (SSSR count). The molecule has 0 radical (unpaired) electrons. The van der Waals surface area contributed by atoms with E-state index in [0.717, 1.165) is 0 Å². The quantitative estimate of drug-likeness (QED) is 0.290. The number of nitroso groups, excluding NO2 is 1. The van der Waals surface area contributed by atoms with Crippen molar-refractivity contribution in [2.24, 2.45) is 5.18 Å². The van der Waals surface area contributed by atoms with Gasteiger partial charge in [-0.1, -0.05) is 0 Å². The van der Waals surface area contributed by atoms with Crippen molar-refractivity contribution in [2.75, 3.05) is 6.61 Å². The monoisotopic (exact) mass is 181 g/mol. The zero-order valence-electron chi connectivity index (χ0n) is 6.11. The minimum absolute atomic E-state index is 0.788. The van der Waals surface area contributed by atoms with Gasteiger partial charge in [-0.05, 0) is 5.18 Å². The molecule has 72 valence electrons. The number of rotatable bonds is 5. The van der Waals surface area contributed by atoms with Crippen LogP contribution in [0, 0.1) is 4.91 Å². The molecule has 12 heavy (non-hydrogen) atoms. The highest BCUT2D eigenvalue weighted by atomic mass is 16.4. The lowest BCUT2D eigenvalue weighted by Crippen LogP contribution is -2.45. The zero-order valence-corrected chi connectivity index (χ0v) is 6.11. The van der Waals surface area contributed by atoms with Crippen LogP contribution in [0.5, 0.6) is 0 Å². The predicted molar refractivity (Wildman–Crippen MR) is 36.9 cm³/mol. The van der Waals surface area contributed by atoms with Gasteiger partial charge >= 0.3 is 0 Å². The fraction of sp³-hybridized carbons (Fsp3) is 1.00. The Kier molecular flexibility index (Phi) is 4.86. The van der Waals surface area contributed by atoms with Crippen molar-refractivity contribution < 1.29 is 25.5 Å². The van der Waals surface area contributed by atoms with Gasteiger partial charge in [-0.3, -0.25) is 0 Å². The Hall–Kier alpha value is -0.600. The molecule has 0 bridgehead atoms. The van der Waals surface area contributed by atoms with E-state index in [-0.39, 0.29) is 0 Å². The average molecular weight is 181 g/mol. The van der Waals surface area contributed by atoms with Crippen LogP contribution in [0.3, 0.4) is 0 Å². The minimum atomic E-state index is -2.01. The van der Waals surface area contributed by atoms with Gasteiger partial charge in [0.2, 0.25) is 6.23 Å². The molecule has 0 spiro atoms. The Bertz CT molecular complexity index is 142. The van der Waals surface area contributed by atoms with Gasteiger partial charge in [0.05, 0.1) is 6.61 Å². The van der Waals surface area contributed by atoms with E-state index in [9.17, 15) is 4.91 Å². The third kappa shape index (κ3) is 2.80. The first-order valence-corrected chi connectivity index (χ1v) is 3.20. The molecule has 0 unspecified atom stereocenters. The minimum Gasteiger partial charge on any atom is -0.394 e. The number of hydrogen-bond donors (Lipinski definition) is 5. The molecule has 0 aliphatic carbocycles. The predicted octanol–water partition coefficient (Wildman–Crippen LogP) is -2.85. The maximum atomic E-state index is 9.65. The summed E-state index contributed by atoms with van der Waals surface area (Å²) in [4.78, 5) is 9.65. The van der Waals surface area contributed by atoms with Crippen molar-refractivity contribution in [3.05, 3.63) is 4.91 Å². The van der Waals surface area contributed by atoms with Crippen LogP contribution in [-0.2, 0) is 0 Å². The fourth-order valence-corrected chi connectivity index (χ4v) is 0.574. The smallest absolute Gasteiger partial charge is 0.215 e. The molecule has 7 heteroatoms. The Morgan fingerprint density at radius 2 is 1.58 bits per heavy atom. The third-order valence-corrected chi connectivity index (χ3v) is 1.34. The molecule has 0 aromatic carbocycles. The number of aliphatic hydroxyl groups excluding tert-OH is 5. The van der Waals surface area contributed by atoms with Gasteiger partial charge in [-0.2, -0.15) is 0 Å². The molecule has 4 atom stereocenters. The lowest BCUT2D eigenvalue weighted by molar-refractivity contribution is -0.113. The first kappa shape index (κ1) is 11.4. The maximum Gasteiger partial charge on any atom is 0.215 e. The molecular formula is C5H11NO6. The average Bonchev–Trinajstić information content (AvgIpc) is 2.12. The van der Waals surface area contributed by atoms with Crippen molar-refractivity contribution >= 4 is 0 Å². The van der Waals surface area contributed by atoms with E-state index in [2.05, 4.69) is 0 Å². The van der Waals surface area contributed by atoms with Gasteiger partial charge in [0.1, 0.15) is 18.3 Å². The summed E-state index contributed by atoms with van der Waals surface area (Å²) in [5, 5.41) is 45.3. The normalized spacial score (nSPS) is 21.1. The van der Waals surface area contributed by atoms with Crippen molar-refractivity contribution in [1.29, 1.82) is 0 Å². The van der Waals surface area contributed by atoms with Gasteiger partial charge in [-0.25, -0.2) is 0 Å². The van der Waals surface area contributed by atoms with Crippen LogP contribution in [0.1, 0.15) is 0 Å². The van der Waals surface area contributed by atoms with Crippen LogP contribution >= 0.6 is 0 Å². The second-order valence-corrected chi connectivity index (χ2v) is 2.25. The summed E-state index contributed by atoms with van der Waals surface area (Å²) < 4.78 is 0. The topological polar surface area (TPSA) is 131 Å². The van der Waals surface area contributed by atoms with Crippen LogP contribution in [0.4, 0.5) is 0 Å². The Balaban J connectivity index is 4.07. The highest BCUT2D eigenvalue weighted by Crippen LogP contribution is 2.05. The number of hydrogen-bond acceptors (Lipinski definition) is 7. The molecule has 0 aliphatic heterocycles. The molecule has 7 nitrogen and oxygen atoms in total. The van der Waals surface area contributed by atoms with Crippen LogP contribution < -0.4 is 0 Å². The van der Waals surface area contributed by atoms with E-state index in [1.54, 1.807) is 0 Å². The largest absolute Gasteiger partial charge is 0.394 e. The summed E-state index contributed by atoms with van der Waals surface area (Å²) in [5.41, 5.74) is 0. The number of nitrogens with zero attached hydrogens (tertiary/aromatic N) is 1. The molecule has 0 saturated heterocycles. The second-order valence-electron chi connectivity index (χ2n) is 2.25. The molecule has 0 aromatic heterocycles. The van der Waals surface area contributed by atoms with Crippen molar-refractivity contribution in [2.45, 2.75) is 24.5 Å². The second kappa shape index (κ2) is 5.12. The van der Waals surface area contributed by atoms with Gasteiger partial charge < -0.3 is 25.5 Å². The third-order valence-electron chi connectivity index (χ3n) is 1.34. The van der Waals surface area contributed by atoms with E-state index in [4.69, 9.17) is 25.5 Å². The Labute approximate surface area is 67.9 Å². The summed E-state index contributed by atoms with van der Waals surface area (Å²) in [6, 6.07) is 0. The number of aliphatic hydroxyl groups is 5. The summed E-state index contributed by atoms with van der Waals surface area (Å²) in [6.45, 7) is -0.788. The van der Waals surface area contributed by atoms with E-state index < -0.39 is 31.1 Å². The van der Waals surface area contributed by atoms with Crippen LogP contribution in [-0.4, -0.2) is 56.7 Å². The van der Waals surface area contributed by atoms with E-state index in [1.165, 1.54) is 0 Å².